The molecule has 5 heteroatoms. The number of fused-ring (bicyclic) bond motifs is 1. The topological polar surface area (TPSA) is 66.6 Å². The van der Waals surface area contributed by atoms with Crippen LogP contribution in [0.4, 0.5) is 16.2 Å². The lowest BCUT2D eigenvalue weighted by Crippen LogP contribution is -2.33. The standard InChI is InChI=1S/C12H13N3O2/c13-8-4-1-2-5-9(8)15-11(16)10-6-3-7-14(10)12(15)17/h1-2,4-5,10H,3,6-7,13H2/t10-/m0/s1. The van der Waals surface area contributed by atoms with Gasteiger partial charge in [0.05, 0.1) is 11.4 Å². The molecule has 2 saturated heterocycles. The molecular formula is C12H13N3O2. The van der Waals surface area contributed by atoms with Gasteiger partial charge in [0, 0.05) is 6.54 Å². The van der Waals surface area contributed by atoms with Crippen molar-refractivity contribution in [1.29, 1.82) is 0 Å². The van der Waals surface area contributed by atoms with Crippen LogP contribution in [0.5, 0.6) is 0 Å². The van der Waals surface area contributed by atoms with E-state index in [1.807, 2.05) is 0 Å². The molecule has 2 aliphatic heterocycles. The Bertz CT molecular complexity index is 478. The summed E-state index contributed by atoms with van der Waals surface area (Å²) in [6.07, 6.45) is 1.66. The molecule has 0 saturated carbocycles. The van der Waals surface area contributed by atoms with Crippen LogP contribution in [-0.2, 0) is 4.79 Å². The number of nitrogens with two attached hydrogens (primary N) is 1. The minimum atomic E-state index is -0.276. The fraction of sp³-hybridized carbons (Fsp3) is 0.333. The number of benzene rings is 1. The maximum atomic E-state index is 12.2. The number of carbonyl (C=O) groups excluding carboxylic acids is 2. The molecule has 1 atom stereocenters. The first-order valence-electron chi connectivity index (χ1n) is 5.69. The zero-order chi connectivity index (χ0) is 12.0. The molecule has 5 nitrogen and oxygen atoms in total. The number of urea groups is 1. The van der Waals surface area contributed by atoms with Crippen molar-refractivity contribution in [1.82, 2.24) is 4.90 Å². The highest BCUT2D eigenvalue weighted by molar-refractivity contribution is 6.22. The van der Waals surface area contributed by atoms with E-state index in [9.17, 15) is 9.59 Å². The molecule has 3 rings (SSSR count). The third kappa shape index (κ3) is 1.32. The zero-order valence-corrected chi connectivity index (χ0v) is 9.30. The largest absolute Gasteiger partial charge is 0.397 e. The zero-order valence-electron chi connectivity index (χ0n) is 9.30. The number of hydrogen-bond acceptors (Lipinski definition) is 3. The number of hydrogen-bond donors (Lipinski definition) is 1. The second-order valence-electron chi connectivity index (χ2n) is 4.37. The number of amides is 3. The minimum absolute atomic E-state index is 0.148. The highest BCUT2D eigenvalue weighted by atomic mass is 16.2. The van der Waals surface area contributed by atoms with Crippen molar-refractivity contribution in [2.45, 2.75) is 18.9 Å². The first kappa shape index (κ1) is 10.1. The van der Waals surface area contributed by atoms with Crippen LogP contribution in [0.1, 0.15) is 12.8 Å². The summed E-state index contributed by atoms with van der Waals surface area (Å²) in [5.41, 5.74) is 6.76. The first-order chi connectivity index (χ1) is 8.20. The molecule has 88 valence electrons. The molecule has 0 aliphatic carbocycles. The van der Waals surface area contributed by atoms with Crippen molar-refractivity contribution in [2.24, 2.45) is 0 Å². The van der Waals surface area contributed by atoms with Gasteiger partial charge in [0.2, 0.25) is 0 Å². The van der Waals surface area contributed by atoms with Crippen LogP contribution < -0.4 is 10.6 Å². The van der Waals surface area contributed by atoms with Gasteiger partial charge in [0.25, 0.3) is 5.91 Å². The summed E-state index contributed by atoms with van der Waals surface area (Å²) in [4.78, 5) is 27.1. The van der Waals surface area contributed by atoms with Gasteiger partial charge >= 0.3 is 6.03 Å². The Balaban J connectivity index is 2.03. The molecule has 0 bridgehead atoms. The van der Waals surface area contributed by atoms with E-state index in [0.29, 0.717) is 17.9 Å². The second-order valence-corrected chi connectivity index (χ2v) is 4.37. The summed E-state index contributed by atoms with van der Waals surface area (Å²) < 4.78 is 0. The Morgan fingerprint density at radius 1 is 1.24 bits per heavy atom. The lowest BCUT2D eigenvalue weighted by Gasteiger charge is -2.16. The van der Waals surface area contributed by atoms with E-state index in [4.69, 9.17) is 5.73 Å². The maximum Gasteiger partial charge on any atom is 0.332 e. The van der Waals surface area contributed by atoms with Crippen molar-refractivity contribution < 1.29 is 9.59 Å². The number of imide groups is 1. The van der Waals surface area contributed by atoms with Gasteiger partial charge in [-0.3, -0.25) is 4.79 Å². The SMILES string of the molecule is Nc1ccccc1N1C(=O)[C@@H]2CCCN2C1=O. The normalized spacial score (nSPS) is 23.4. The van der Waals surface area contributed by atoms with Gasteiger partial charge < -0.3 is 10.6 Å². The molecule has 3 amide bonds. The number of rotatable bonds is 1. The van der Waals surface area contributed by atoms with Gasteiger partial charge in [0.15, 0.2) is 0 Å². The maximum absolute atomic E-state index is 12.2. The van der Waals surface area contributed by atoms with Crippen molar-refractivity contribution in [2.75, 3.05) is 17.2 Å². The molecule has 2 heterocycles. The molecule has 0 radical (unpaired) electrons. The molecule has 17 heavy (non-hydrogen) atoms. The fourth-order valence-electron chi connectivity index (χ4n) is 2.54. The van der Waals surface area contributed by atoms with Crippen LogP contribution in [0.15, 0.2) is 24.3 Å². The minimum Gasteiger partial charge on any atom is -0.397 e. The van der Waals surface area contributed by atoms with Crippen molar-refractivity contribution in [3.05, 3.63) is 24.3 Å². The number of carbonyl (C=O) groups is 2. The molecule has 1 aromatic carbocycles. The van der Waals surface area contributed by atoms with Gasteiger partial charge in [-0.2, -0.15) is 0 Å². The molecule has 0 spiro atoms. The van der Waals surface area contributed by atoms with E-state index in [2.05, 4.69) is 0 Å². The Morgan fingerprint density at radius 2 is 2.00 bits per heavy atom. The Morgan fingerprint density at radius 3 is 2.71 bits per heavy atom. The first-order valence-corrected chi connectivity index (χ1v) is 5.69. The lowest BCUT2D eigenvalue weighted by atomic mass is 10.2. The molecule has 2 fully saturated rings. The molecule has 0 unspecified atom stereocenters. The summed E-state index contributed by atoms with van der Waals surface area (Å²) in [6, 6.07) is 6.44. The van der Waals surface area contributed by atoms with E-state index in [1.54, 1.807) is 29.2 Å². The highest BCUT2D eigenvalue weighted by Gasteiger charge is 2.48. The average Bonchev–Trinajstić information content (AvgIpc) is 2.87. The second kappa shape index (κ2) is 3.48. The van der Waals surface area contributed by atoms with E-state index in [0.717, 1.165) is 12.8 Å². The van der Waals surface area contributed by atoms with Gasteiger partial charge in [-0.15, -0.1) is 0 Å². The van der Waals surface area contributed by atoms with Crippen LogP contribution in [0.3, 0.4) is 0 Å². The van der Waals surface area contributed by atoms with E-state index < -0.39 is 0 Å². The van der Waals surface area contributed by atoms with Crippen LogP contribution in [0.25, 0.3) is 0 Å². The monoisotopic (exact) mass is 231 g/mol. The molecule has 0 aromatic heterocycles. The quantitative estimate of drug-likeness (QED) is 0.583. The van der Waals surface area contributed by atoms with Crippen LogP contribution in [-0.4, -0.2) is 29.4 Å². The van der Waals surface area contributed by atoms with E-state index in [-0.39, 0.29) is 18.0 Å². The number of anilines is 2. The predicted octanol–water partition coefficient (Wildman–Crippen LogP) is 1.20. The van der Waals surface area contributed by atoms with E-state index in [1.165, 1.54) is 4.90 Å². The van der Waals surface area contributed by atoms with Gasteiger partial charge in [-0.05, 0) is 25.0 Å². The molecule has 2 N–H and O–H groups in total. The Kier molecular flexibility index (Phi) is 2.07. The Labute approximate surface area is 98.8 Å². The number of para-hydroxylation sites is 2. The fourth-order valence-corrected chi connectivity index (χ4v) is 2.54. The number of nitrogens with zero attached hydrogens (tertiary/aromatic N) is 2. The predicted molar refractivity (Wildman–Crippen MR) is 63.5 cm³/mol. The lowest BCUT2D eigenvalue weighted by molar-refractivity contribution is -0.119. The van der Waals surface area contributed by atoms with Gasteiger partial charge in [-0.25, -0.2) is 9.69 Å². The highest BCUT2D eigenvalue weighted by Crippen LogP contribution is 2.33. The molecule has 1 aromatic rings. The van der Waals surface area contributed by atoms with Gasteiger partial charge in [0.1, 0.15) is 6.04 Å². The van der Waals surface area contributed by atoms with Crippen molar-refractivity contribution in [3.63, 3.8) is 0 Å². The summed E-state index contributed by atoms with van der Waals surface area (Å²) in [5.74, 6) is -0.148. The summed E-state index contributed by atoms with van der Waals surface area (Å²) >= 11 is 0. The van der Waals surface area contributed by atoms with Gasteiger partial charge in [-0.1, -0.05) is 12.1 Å². The smallest absolute Gasteiger partial charge is 0.332 e. The van der Waals surface area contributed by atoms with Crippen LogP contribution in [0.2, 0.25) is 0 Å². The summed E-state index contributed by atoms with van der Waals surface area (Å²) in [6.45, 7) is 0.665. The van der Waals surface area contributed by atoms with Crippen molar-refractivity contribution in [3.8, 4) is 0 Å². The van der Waals surface area contributed by atoms with Crippen LogP contribution >= 0.6 is 0 Å². The summed E-state index contributed by atoms with van der Waals surface area (Å²) in [5, 5.41) is 0. The molecular weight excluding hydrogens is 218 g/mol. The third-order valence-electron chi connectivity index (χ3n) is 3.37. The molecule has 2 aliphatic rings. The Hall–Kier alpha value is -2.04. The average molecular weight is 231 g/mol. The summed E-state index contributed by atoms with van der Waals surface area (Å²) in [7, 11) is 0. The third-order valence-corrected chi connectivity index (χ3v) is 3.37. The van der Waals surface area contributed by atoms with Crippen LogP contribution in [0, 0.1) is 0 Å². The van der Waals surface area contributed by atoms with Crippen molar-refractivity contribution >= 4 is 23.3 Å². The number of nitrogen functional groups attached to an aromatic ring is 1. The van der Waals surface area contributed by atoms with E-state index >= 15 is 0 Å².